The summed E-state index contributed by atoms with van der Waals surface area (Å²) in [7, 11) is 2.74. The van der Waals surface area contributed by atoms with Crippen molar-refractivity contribution in [1.29, 1.82) is 0 Å². The SMILES string of the molecule is COC(=O)[C@@H](C)C[C@H](C)[C@H](C[C@H]1CC(OC)(OC)C[C@@H](COCc2ccccc2)O1)O[Si](C)(C)C(C)(C)C. The zero-order chi connectivity index (χ0) is 28.6. The first kappa shape index (κ1) is 32.9. The number of rotatable bonds is 14. The Kier molecular flexibility index (Phi) is 12.4. The molecule has 1 saturated heterocycles. The van der Waals surface area contributed by atoms with Gasteiger partial charge in [-0.1, -0.05) is 65.0 Å². The van der Waals surface area contributed by atoms with E-state index in [-0.39, 0.29) is 41.2 Å². The van der Waals surface area contributed by atoms with Crippen LogP contribution in [0.2, 0.25) is 18.1 Å². The number of hydrogen-bond acceptors (Lipinski definition) is 7. The first-order chi connectivity index (χ1) is 17.8. The van der Waals surface area contributed by atoms with Crippen molar-refractivity contribution in [3.63, 3.8) is 0 Å². The molecule has 0 bridgehead atoms. The van der Waals surface area contributed by atoms with Crippen molar-refractivity contribution in [3.8, 4) is 0 Å². The molecule has 2 rings (SSSR count). The van der Waals surface area contributed by atoms with Crippen LogP contribution in [-0.2, 0) is 39.5 Å². The summed E-state index contributed by atoms with van der Waals surface area (Å²) in [4.78, 5) is 12.2. The van der Waals surface area contributed by atoms with Crippen molar-refractivity contribution in [3.05, 3.63) is 35.9 Å². The Labute approximate surface area is 232 Å². The monoisotopic (exact) mass is 552 g/mol. The molecule has 1 aromatic carbocycles. The lowest BCUT2D eigenvalue weighted by molar-refractivity contribution is -0.280. The molecule has 1 fully saturated rings. The lowest BCUT2D eigenvalue weighted by atomic mass is 9.87. The fraction of sp³-hybridized carbons (Fsp3) is 0.767. The van der Waals surface area contributed by atoms with Gasteiger partial charge in [-0.2, -0.15) is 0 Å². The Morgan fingerprint density at radius 2 is 1.66 bits per heavy atom. The fourth-order valence-corrected chi connectivity index (χ4v) is 6.34. The van der Waals surface area contributed by atoms with Gasteiger partial charge in [0.05, 0.1) is 44.6 Å². The highest BCUT2D eigenvalue weighted by molar-refractivity contribution is 6.74. The van der Waals surface area contributed by atoms with Gasteiger partial charge in [-0.25, -0.2) is 0 Å². The predicted molar refractivity (Wildman–Crippen MR) is 152 cm³/mol. The summed E-state index contributed by atoms with van der Waals surface area (Å²) in [6, 6.07) is 10.1. The predicted octanol–water partition coefficient (Wildman–Crippen LogP) is 6.36. The molecule has 0 radical (unpaired) electrons. The molecule has 218 valence electrons. The minimum Gasteiger partial charge on any atom is -0.469 e. The zero-order valence-corrected chi connectivity index (χ0v) is 26.4. The van der Waals surface area contributed by atoms with E-state index in [4.69, 9.17) is 28.1 Å². The van der Waals surface area contributed by atoms with Gasteiger partial charge in [0.25, 0.3) is 0 Å². The van der Waals surface area contributed by atoms with Crippen molar-refractivity contribution >= 4 is 14.3 Å². The highest BCUT2D eigenvalue weighted by Gasteiger charge is 2.45. The van der Waals surface area contributed by atoms with Crippen LogP contribution in [0, 0.1) is 11.8 Å². The molecule has 0 unspecified atom stereocenters. The number of ether oxygens (including phenoxy) is 5. The minimum absolute atomic E-state index is 0.0585. The lowest BCUT2D eigenvalue weighted by Gasteiger charge is -2.46. The summed E-state index contributed by atoms with van der Waals surface area (Å²) in [5.74, 6) is -1.00. The van der Waals surface area contributed by atoms with Gasteiger partial charge in [0.1, 0.15) is 0 Å². The number of methoxy groups -OCH3 is 3. The molecule has 1 aliphatic rings. The van der Waals surface area contributed by atoms with Crippen LogP contribution in [0.4, 0.5) is 0 Å². The average molecular weight is 553 g/mol. The molecular formula is C30H52O7Si. The molecule has 0 aliphatic carbocycles. The summed E-state index contributed by atoms with van der Waals surface area (Å²) in [6.07, 6.45) is 2.17. The van der Waals surface area contributed by atoms with Gasteiger partial charge in [-0.3, -0.25) is 4.79 Å². The van der Waals surface area contributed by atoms with E-state index < -0.39 is 14.1 Å². The summed E-state index contributed by atoms with van der Waals surface area (Å²) in [5.41, 5.74) is 1.13. The first-order valence-corrected chi connectivity index (χ1v) is 16.8. The van der Waals surface area contributed by atoms with Crippen LogP contribution < -0.4 is 0 Å². The third kappa shape index (κ3) is 9.42. The molecule has 38 heavy (non-hydrogen) atoms. The molecule has 0 aromatic heterocycles. The minimum atomic E-state index is -2.09. The second-order valence-corrected chi connectivity index (χ2v) is 17.2. The van der Waals surface area contributed by atoms with Crippen LogP contribution in [0.25, 0.3) is 0 Å². The molecule has 0 saturated carbocycles. The Bertz CT molecular complexity index is 835. The largest absolute Gasteiger partial charge is 0.469 e. The quantitative estimate of drug-likeness (QED) is 0.151. The van der Waals surface area contributed by atoms with Crippen molar-refractivity contribution < 1.29 is 32.9 Å². The van der Waals surface area contributed by atoms with Crippen LogP contribution in [0.3, 0.4) is 0 Å². The molecule has 1 aromatic rings. The van der Waals surface area contributed by atoms with Crippen LogP contribution in [-0.4, -0.2) is 66.3 Å². The van der Waals surface area contributed by atoms with Crippen LogP contribution in [0.15, 0.2) is 30.3 Å². The summed E-state index contributed by atoms with van der Waals surface area (Å²) >= 11 is 0. The zero-order valence-electron chi connectivity index (χ0n) is 25.4. The fourth-order valence-electron chi connectivity index (χ4n) is 4.90. The number of carbonyl (C=O) groups excluding carboxylic acids is 1. The van der Waals surface area contributed by atoms with Gasteiger partial charge < -0.3 is 28.1 Å². The highest BCUT2D eigenvalue weighted by Crippen LogP contribution is 2.41. The molecule has 0 spiro atoms. The maximum Gasteiger partial charge on any atom is 0.308 e. The maximum atomic E-state index is 12.2. The number of esters is 1. The summed E-state index contributed by atoms with van der Waals surface area (Å²) < 4.78 is 36.4. The second-order valence-electron chi connectivity index (χ2n) is 12.4. The normalized spacial score (nSPS) is 22.5. The summed E-state index contributed by atoms with van der Waals surface area (Å²) in [5, 5.41) is 0.0585. The van der Waals surface area contributed by atoms with E-state index in [1.54, 1.807) is 14.2 Å². The molecule has 5 atom stereocenters. The molecule has 1 heterocycles. The molecule has 8 heteroatoms. The Morgan fingerprint density at radius 3 is 2.21 bits per heavy atom. The third-order valence-electron chi connectivity index (χ3n) is 8.33. The van der Waals surface area contributed by atoms with E-state index in [9.17, 15) is 4.79 Å². The topological polar surface area (TPSA) is 72.5 Å². The number of benzene rings is 1. The van der Waals surface area contributed by atoms with Gasteiger partial charge in [-0.15, -0.1) is 0 Å². The van der Waals surface area contributed by atoms with E-state index in [0.29, 0.717) is 38.9 Å². The second kappa shape index (κ2) is 14.4. The summed E-state index contributed by atoms with van der Waals surface area (Å²) in [6.45, 7) is 16.3. The van der Waals surface area contributed by atoms with Crippen molar-refractivity contribution in [2.45, 2.75) is 109 Å². The van der Waals surface area contributed by atoms with E-state index in [1.165, 1.54) is 7.11 Å². The van der Waals surface area contributed by atoms with Gasteiger partial charge in [0.2, 0.25) is 0 Å². The first-order valence-electron chi connectivity index (χ1n) is 13.9. The van der Waals surface area contributed by atoms with E-state index in [0.717, 1.165) is 5.56 Å². The van der Waals surface area contributed by atoms with Gasteiger partial charge in [0.15, 0.2) is 14.1 Å². The van der Waals surface area contributed by atoms with Gasteiger partial charge in [0, 0.05) is 27.1 Å². The molecular weight excluding hydrogens is 500 g/mol. The van der Waals surface area contributed by atoms with Crippen molar-refractivity contribution in [1.82, 2.24) is 0 Å². The Balaban J connectivity index is 2.20. The standard InChI is InChI=1S/C30H52O7Si/c1-22(16-23(2)28(31)32-6)27(37-38(9,10)29(3,4)5)17-25-18-30(33-7,34-8)19-26(36-25)21-35-20-24-14-12-11-13-15-24/h11-15,22-23,25-27H,16-21H2,1-10H3/t22-,23-,25-,26-,27-/m0/s1. The van der Waals surface area contributed by atoms with E-state index in [1.807, 2.05) is 25.1 Å². The Hall–Kier alpha value is -1.29. The highest BCUT2D eigenvalue weighted by atomic mass is 28.4. The van der Waals surface area contributed by atoms with Crippen molar-refractivity contribution in [2.24, 2.45) is 11.8 Å². The smallest absolute Gasteiger partial charge is 0.308 e. The average Bonchev–Trinajstić information content (AvgIpc) is 2.87. The van der Waals surface area contributed by atoms with Crippen LogP contribution in [0.1, 0.15) is 65.9 Å². The molecule has 7 nitrogen and oxygen atoms in total. The number of carbonyl (C=O) groups is 1. The molecule has 0 amide bonds. The molecule has 1 aliphatic heterocycles. The molecule has 0 N–H and O–H groups in total. The number of hydrogen-bond donors (Lipinski definition) is 0. The maximum absolute atomic E-state index is 12.2. The van der Waals surface area contributed by atoms with Crippen molar-refractivity contribution in [2.75, 3.05) is 27.9 Å². The third-order valence-corrected chi connectivity index (χ3v) is 12.8. The van der Waals surface area contributed by atoms with E-state index >= 15 is 0 Å². The Morgan fingerprint density at radius 1 is 1.05 bits per heavy atom. The van der Waals surface area contributed by atoms with Crippen LogP contribution in [0.5, 0.6) is 0 Å². The van der Waals surface area contributed by atoms with Crippen LogP contribution >= 0.6 is 0 Å². The van der Waals surface area contributed by atoms with E-state index in [2.05, 4.69) is 52.9 Å². The lowest BCUT2D eigenvalue weighted by Crippen LogP contribution is -2.51. The van der Waals surface area contributed by atoms with Gasteiger partial charge >= 0.3 is 5.97 Å². The van der Waals surface area contributed by atoms with Gasteiger partial charge in [-0.05, 0) is 42.5 Å².